The summed E-state index contributed by atoms with van der Waals surface area (Å²) in [4.78, 5) is 19.6. The van der Waals surface area contributed by atoms with Crippen LogP contribution >= 0.6 is 0 Å². The molecule has 25 heavy (non-hydrogen) atoms. The summed E-state index contributed by atoms with van der Waals surface area (Å²) < 4.78 is 2.11. The first-order valence-electron chi connectivity index (χ1n) is 8.21. The fourth-order valence-corrected chi connectivity index (χ4v) is 2.84. The molecular weight excluding hydrogens is 316 g/mol. The molecule has 126 valence electrons. The largest absolute Gasteiger partial charge is 0.338 e. The quantitative estimate of drug-likeness (QED) is 0.783. The van der Waals surface area contributed by atoms with Crippen LogP contribution in [0.15, 0.2) is 30.9 Å². The predicted octanol–water partition coefficient (Wildman–Crippen LogP) is 2.51. The van der Waals surface area contributed by atoms with Crippen LogP contribution in [0.1, 0.15) is 19.9 Å². The summed E-state index contributed by atoms with van der Waals surface area (Å²) in [6.07, 6.45) is 5.30. The van der Waals surface area contributed by atoms with Crippen molar-refractivity contribution in [3.8, 4) is 6.07 Å². The molecule has 8 heteroatoms. The fourth-order valence-electron chi connectivity index (χ4n) is 2.84. The van der Waals surface area contributed by atoms with Gasteiger partial charge in [0.05, 0.1) is 30.0 Å². The topological polar surface area (TPSA) is 95.5 Å². The van der Waals surface area contributed by atoms with Crippen molar-refractivity contribution in [2.45, 2.75) is 19.9 Å². The normalized spacial score (nSPS) is 14.6. The van der Waals surface area contributed by atoms with Gasteiger partial charge in [0.15, 0.2) is 0 Å². The minimum atomic E-state index is 0.0700. The molecule has 4 heterocycles. The maximum atomic E-state index is 8.89. The van der Waals surface area contributed by atoms with E-state index in [9.17, 15) is 0 Å². The predicted molar refractivity (Wildman–Crippen MR) is 94.5 cm³/mol. The third-order valence-corrected chi connectivity index (χ3v) is 4.26. The molecule has 1 fully saturated rings. The average molecular weight is 334 g/mol. The van der Waals surface area contributed by atoms with Crippen molar-refractivity contribution < 1.29 is 0 Å². The molecule has 0 radical (unpaired) electrons. The Balaban J connectivity index is 1.57. The van der Waals surface area contributed by atoms with E-state index in [1.165, 1.54) is 0 Å². The maximum absolute atomic E-state index is 8.89. The number of pyridine rings is 1. The first-order valence-corrected chi connectivity index (χ1v) is 8.21. The van der Waals surface area contributed by atoms with Gasteiger partial charge in [-0.3, -0.25) is 0 Å². The van der Waals surface area contributed by atoms with Gasteiger partial charge in [-0.05, 0) is 19.9 Å². The summed E-state index contributed by atoms with van der Waals surface area (Å²) >= 11 is 0. The van der Waals surface area contributed by atoms with Gasteiger partial charge in [-0.15, -0.1) is 0 Å². The monoisotopic (exact) mass is 334 g/mol. The number of nitrogens with one attached hydrogen (secondary N) is 1. The van der Waals surface area contributed by atoms with E-state index >= 15 is 0 Å². The third kappa shape index (κ3) is 2.85. The molecule has 0 amide bonds. The van der Waals surface area contributed by atoms with Crippen molar-refractivity contribution in [2.24, 2.45) is 5.92 Å². The minimum Gasteiger partial charge on any atom is -0.338 e. The lowest BCUT2D eigenvalue weighted by molar-refractivity contribution is 0.494. The Labute approximate surface area is 145 Å². The second-order valence-corrected chi connectivity index (χ2v) is 6.40. The first-order chi connectivity index (χ1) is 12.1. The Kier molecular flexibility index (Phi) is 3.69. The number of aromatic nitrogens is 5. The van der Waals surface area contributed by atoms with E-state index in [1.807, 2.05) is 17.3 Å². The molecule has 0 aromatic carbocycles. The lowest BCUT2D eigenvalue weighted by atomic mass is 10.0. The Bertz CT molecular complexity index is 949. The lowest BCUT2D eigenvalue weighted by Crippen LogP contribution is -2.46. The van der Waals surface area contributed by atoms with Crippen LogP contribution in [0.2, 0.25) is 0 Å². The van der Waals surface area contributed by atoms with Gasteiger partial charge >= 0.3 is 0 Å². The van der Waals surface area contributed by atoms with Gasteiger partial charge in [0, 0.05) is 31.4 Å². The Hall–Kier alpha value is -3.21. The molecule has 0 spiro atoms. The molecule has 0 aliphatic carbocycles. The number of anilines is 3. The second kappa shape index (κ2) is 6.02. The molecule has 3 aromatic heterocycles. The van der Waals surface area contributed by atoms with Crippen LogP contribution in [-0.2, 0) is 0 Å². The van der Waals surface area contributed by atoms with E-state index in [4.69, 9.17) is 5.26 Å². The minimum absolute atomic E-state index is 0.0700. The van der Waals surface area contributed by atoms with E-state index in [0.29, 0.717) is 36.7 Å². The molecular formula is C17H18N8. The Morgan fingerprint density at radius 2 is 2.08 bits per heavy atom. The number of imidazole rings is 1. The highest BCUT2D eigenvalue weighted by atomic mass is 15.3. The van der Waals surface area contributed by atoms with E-state index < -0.39 is 0 Å². The van der Waals surface area contributed by atoms with Gasteiger partial charge in [0.2, 0.25) is 5.95 Å². The summed E-state index contributed by atoms with van der Waals surface area (Å²) in [5.41, 5.74) is 1.90. The standard InChI is InChI=1S/C17H18N8/c1-11(2)25-10-21-13-7-20-16(5-14(13)25)22-15-3-4-19-17(23-15)24-8-12(6-18)9-24/h3-5,7,10-12H,8-9H2,1-2H3,(H,19,20,22,23). The Morgan fingerprint density at radius 1 is 1.24 bits per heavy atom. The highest BCUT2D eigenvalue weighted by Crippen LogP contribution is 2.24. The highest BCUT2D eigenvalue weighted by molar-refractivity contribution is 5.78. The molecule has 1 saturated heterocycles. The maximum Gasteiger partial charge on any atom is 0.227 e. The average Bonchev–Trinajstić information content (AvgIpc) is 2.98. The van der Waals surface area contributed by atoms with Crippen molar-refractivity contribution in [1.29, 1.82) is 5.26 Å². The molecule has 4 rings (SSSR count). The number of fused-ring (bicyclic) bond motifs is 1. The van der Waals surface area contributed by atoms with Gasteiger partial charge < -0.3 is 14.8 Å². The van der Waals surface area contributed by atoms with Crippen molar-refractivity contribution in [2.75, 3.05) is 23.3 Å². The van der Waals surface area contributed by atoms with Gasteiger partial charge in [-0.25, -0.2) is 15.0 Å². The summed E-state index contributed by atoms with van der Waals surface area (Å²) in [5, 5.41) is 12.1. The van der Waals surface area contributed by atoms with E-state index in [-0.39, 0.29) is 5.92 Å². The van der Waals surface area contributed by atoms with E-state index in [2.05, 4.69) is 49.7 Å². The molecule has 0 unspecified atom stereocenters. The highest BCUT2D eigenvalue weighted by Gasteiger charge is 2.28. The molecule has 0 bridgehead atoms. The van der Waals surface area contributed by atoms with Gasteiger partial charge in [-0.2, -0.15) is 10.2 Å². The van der Waals surface area contributed by atoms with Crippen LogP contribution in [0, 0.1) is 17.2 Å². The molecule has 1 N–H and O–H groups in total. The third-order valence-electron chi connectivity index (χ3n) is 4.26. The Morgan fingerprint density at radius 3 is 2.84 bits per heavy atom. The van der Waals surface area contributed by atoms with Crippen LogP contribution in [0.4, 0.5) is 17.6 Å². The van der Waals surface area contributed by atoms with Crippen LogP contribution in [0.5, 0.6) is 0 Å². The smallest absolute Gasteiger partial charge is 0.227 e. The van der Waals surface area contributed by atoms with E-state index in [0.717, 1.165) is 11.0 Å². The number of nitrogens with zero attached hydrogens (tertiary/aromatic N) is 7. The van der Waals surface area contributed by atoms with Crippen LogP contribution in [0.25, 0.3) is 11.0 Å². The number of rotatable bonds is 4. The van der Waals surface area contributed by atoms with Gasteiger partial charge in [0.25, 0.3) is 0 Å². The summed E-state index contributed by atoms with van der Waals surface area (Å²) in [6.45, 7) is 5.59. The van der Waals surface area contributed by atoms with Crippen LogP contribution in [0.3, 0.4) is 0 Å². The van der Waals surface area contributed by atoms with Gasteiger partial charge in [-0.1, -0.05) is 0 Å². The number of hydrogen-bond donors (Lipinski definition) is 1. The van der Waals surface area contributed by atoms with Crippen molar-refractivity contribution in [3.05, 3.63) is 30.9 Å². The number of hydrogen-bond acceptors (Lipinski definition) is 7. The second-order valence-electron chi connectivity index (χ2n) is 6.40. The number of nitriles is 1. The van der Waals surface area contributed by atoms with E-state index in [1.54, 1.807) is 18.5 Å². The molecule has 8 nitrogen and oxygen atoms in total. The molecule has 0 saturated carbocycles. The van der Waals surface area contributed by atoms with Crippen LogP contribution < -0.4 is 10.2 Å². The first kappa shape index (κ1) is 15.3. The molecule has 1 aliphatic rings. The van der Waals surface area contributed by atoms with Crippen LogP contribution in [-0.4, -0.2) is 37.6 Å². The van der Waals surface area contributed by atoms with Crippen molar-refractivity contribution >= 4 is 28.6 Å². The molecule has 3 aromatic rings. The lowest BCUT2D eigenvalue weighted by Gasteiger charge is -2.35. The van der Waals surface area contributed by atoms with Gasteiger partial charge in [0.1, 0.15) is 17.2 Å². The van der Waals surface area contributed by atoms with Crippen molar-refractivity contribution in [3.63, 3.8) is 0 Å². The summed E-state index contributed by atoms with van der Waals surface area (Å²) in [7, 11) is 0. The zero-order chi connectivity index (χ0) is 17.4. The zero-order valence-corrected chi connectivity index (χ0v) is 14.1. The summed E-state index contributed by atoms with van der Waals surface area (Å²) in [5.74, 6) is 2.08. The molecule has 0 atom stereocenters. The molecule has 1 aliphatic heterocycles. The zero-order valence-electron chi connectivity index (χ0n) is 14.1. The summed E-state index contributed by atoms with van der Waals surface area (Å²) in [6, 6.07) is 6.35. The SMILES string of the molecule is CC(C)n1cnc2cnc(Nc3ccnc(N4CC(C#N)C4)n3)cc21. The fraction of sp³-hybridized carbons (Fsp3) is 0.353. The van der Waals surface area contributed by atoms with Crippen molar-refractivity contribution in [1.82, 2.24) is 24.5 Å².